The first-order chi connectivity index (χ1) is 16.7. The molecule has 2 aromatic heterocycles. The zero-order valence-electron chi connectivity index (χ0n) is 19.2. The number of hydrogen-bond donors (Lipinski definition) is 0. The van der Waals surface area contributed by atoms with Gasteiger partial charge < -0.3 is 4.74 Å². The van der Waals surface area contributed by atoms with Gasteiger partial charge in [-0.15, -0.1) is 0 Å². The van der Waals surface area contributed by atoms with Crippen LogP contribution in [0.25, 0.3) is 22.5 Å². The molecule has 1 aliphatic heterocycles. The van der Waals surface area contributed by atoms with Crippen molar-refractivity contribution in [2.45, 2.75) is 25.3 Å². The molecule has 34 heavy (non-hydrogen) atoms. The van der Waals surface area contributed by atoms with E-state index in [4.69, 9.17) is 9.72 Å². The molecule has 172 valence electrons. The summed E-state index contributed by atoms with van der Waals surface area (Å²) in [5, 5.41) is 0. The monoisotopic (exact) mass is 454 g/mol. The zero-order valence-corrected chi connectivity index (χ0v) is 19.2. The van der Waals surface area contributed by atoms with Crippen LogP contribution in [0.5, 0.6) is 5.75 Å². The van der Waals surface area contributed by atoms with E-state index in [-0.39, 0.29) is 5.82 Å². The Morgan fingerprint density at radius 2 is 1.76 bits per heavy atom. The molecule has 0 radical (unpaired) electrons. The van der Waals surface area contributed by atoms with Crippen LogP contribution in [-0.4, -0.2) is 40.1 Å². The number of nitrogens with zero attached hydrogens (tertiary/aromatic N) is 4. The van der Waals surface area contributed by atoms with Gasteiger partial charge in [0.25, 0.3) is 0 Å². The first-order valence-corrected chi connectivity index (χ1v) is 11.6. The number of benzene rings is 2. The Bertz CT molecular complexity index is 1260. The van der Waals surface area contributed by atoms with Crippen LogP contribution in [0.3, 0.4) is 0 Å². The third kappa shape index (κ3) is 4.97. The molecule has 4 aromatic rings. The average molecular weight is 455 g/mol. The van der Waals surface area contributed by atoms with Crippen molar-refractivity contribution >= 4 is 0 Å². The predicted molar refractivity (Wildman–Crippen MR) is 131 cm³/mol. The minimum Gasteiger partial charge on any atom is -0.497 e. The highest BCUT2D eigenvalue weighted by Crippen LogP contribution is 2.36. The molecule has 1 aliphatic rings. The Kier molecular flexibility index (Phi) is 6.58. The van der Waals surface area contributed by atoms with Crippen LogP contribution < -0.4 is 4.74 Å². The average Bonchev–Trinajstić information content (AvgIpc) is 2.89. The Labute approximate surface area is 199 Å². The maximum Gasteiger partial charge on any atom is 0.159 e. The van der Waals surface area contributed by atoms with E-state index in [2.05, 4.69) is 20.9 Å². The summed E-state index contributed by atoms with van der Waals surface area (Å²) in [6.07, 6.45) is 7.43. The van der Waals surface area contributed by atoms with Crippen LogP contribution in [0.15, 0.2) is 79.3 Å². The molecule has 1 fully saturated rings. The van der Waals surface area contributed by atoms with Crippen molar-refractivity contribution in [1.29, 1.82) is 0 Å². The molecule has 0 saturated carbocycles. The fraction of sp³-hybridized carbons (Fsp3) is 0.250. The molecule has 1 saturated heterocycles. The predicted octanol–water partition coefficient (Wildman–Crippen LogP) is 5.73. The summed E-state index contributed by atoms with van der Waals surface area (Å²) in [7, 11) is 1.68. The first kappa shape index (κ1) is 22.2. The lowest BCUT2D eigenvalue weighted by molar-refractivity contribution is 0.203. The molecule has 0 unspecified atom stereocenters. The Hall–Kier alpha value is -3.64. The fourth-order valence-electron chi connectivity index (χ4n) is 4.62. The van der Waals surface area contributed by atoms with E-state index < -0.39 is 0 Å². The van der Waals surface area contributed by atoms with Gasteiger partial charge in [-0.25, -0.2) is 14.4 Å². The number of rotatable bonds is 6. The highest BCUT2D eigenvalue weighted by Gasteiger charge is 2.25. The largest absolute Gasteiger partial charge is 0.497 e. The Morgan fingerprint density at radius 3 is 2.53 bits per heavy atom. The van der Waals surface area contributed by atoms with Gasteiger partial charge in [-0.1, -0.05) is 24.3 Å². The first-order valence-electron chi connectivity index (χ1n) is 11.6. The normalized spacial score (nSPS) is 14.8. The van der Waals surface area contributed by atoms with Gasteiger partial charge in [0.2, 0.25) is 0 Å². The summed E-state index contributed by atoms with van der Waals surface area (Å²) in [5.41, 5.74) is 5.13. The minimum atomic E-state index is -0.181. The summed E-state index contributed by atoms with van der Waals surface area (Å²) in [6, 6.07) is 18.8. The SMILES string of the molecule is COc1cccc(-c2cnc(-c3ccncc3)nc2C2CCN(Cc3cccc(F)c3)CC2)c1. The standard InChI is InChI=1S/C28H27FN4O/c1-34-25-7-3-5-23(17-25)26-18-31-28(22-8-12-30-13-9-22)32-27(26)21-10-14-33(15-11-21)19-20-4-2-6-24(29)16-20/h2-9,12-13,16-18,21H,10-11,14-15,19H2,1H3. The quantitative estimate of drug-likeness (QED) is 0.372. The number of likely N-dealkylation sites (tertiary alicyclic amines) is 1. The molecule has 2 aromatic carbocycles. The van der Waals surface area contributed by atoms with Crippen LogP contribution in [0.1, 0.15) is 30.0 Å². The van der Waals surface area contributed by atoms with E-state index in [1.54, 1.807) is 31.6 Å². The van der Waals surface area contributed by atoms with Gasteiger partial charge in [0.15, 0.2) is 5.82 Å². The summed E-state index contributed by atoms with van der Waals surface area (Å²) in [6.45, 7) is 2.64. The van der Waals surface area contributed by atoms with Crippen molar-refractivity contribution in [3.8, 4) is 28.3 Å². The van der Waals surface area contributed by atoms with E-state index >= 15 is 0 Å². The number of methoxy groups -OCH3 is 1. The van der Waals surface area contributed by atoms with Crippen molar-refractivity contribution < 1.29 is 9.13 Å². The lowest BCUT2D eigenvalue weighted by Gasteiger charge is -2.32. The maximum atomic E-state index is 13.6. The third-order valence-corrected chi connectivity index (χ3v) is 6.41. The molecule has 0 N–H and O–H groups in total. The summed E-state index contributed by atoms with van der Waals surface area (Å²) < 4.78 is 19.0. The molecule has 0 aliphatic carbocycles. The van der Waals surface area contributed by atoms with Gasteiger partial charge in [-0.3, -0.25) is 9.88 Å². The van der Waals surface area contributed by atoms with E-state index in [0.29, 0.717) is 11.7 Å². The molecule has 3 heterocycles. The molecule has 0 spiro atoms. The van der Waals surface area contributed by atoms with Gasteiger partial charge in [-0.2, -0.15) is 0 Å². The van der Waals surface area contributed by atoms with Gasteiger partial charge in [0.05, 0.1) is 12.8 Å². The summed E-state index contributed by atoms with van der Waals surface area (Å²) in [4.78, 5) is 16.3. The number of piperidine rings is 1. The number of ether oxygens (including phenoxy) is 1. The smallest absolute Gasteiger partial charge is 0.159 e. The molecule has 0 atom stereocenters. The molecule has 5 nitrogen and oxygen atoms in total. The van der Waals surface area contributed by atoms with Crippen LogP contribution in [0.4, 0.5) is 4.39 Å². The van der Waals surface area contributed by atoms with E-state index in [9.17, 15) is 4.39 Å². The van der Waals surface area contributed by atoms with Crippen molar-refractivity contribution in [2.24, 2.45) is 0 Å². The van der Waals surface area contributed by atoms with Gasteiger partial charge in [-0.05, 0) is 73.5 Å². The molecule has 5 rings (SSSR count). The molecule has 0 amide bonds. The minimum absolute atomic E-state index is 0.181. The number of halogens is 1. The van der Waals surface area contributed by atoms with Crippen molar-refractivity contribution in [2.75, 3.05) is 20.2 Å². The second kappa shape index (κ2) is 10.1. The van der Waals surface area contributed by atoms with Gasteiger partial charge in [0, 0.05) is 42.2 Å². The van der Waals surface area contributed by atoms with Gasteiger partial charge in [0.1, 0.15) is 11.6 Å². The van der Waals surface area contributed by atoms with E-state index in [1.165, 1.54) is 6.07 Å². The highest BCUT2D eigenvalue weighted by atomic mass is 19.1. The highest BCUT2D eigenvalue weighted by molar-refractivity contribution is 5.69. The van der Waals surface area contributed by atoms with Crippen molar-refractivity contribution in [3.63, 3.8) is 0 Å². The van der Waals surface area contributed by atoms with Crippen molar-refractivity contribution in [3.05, 3.63) is 96.3 Å². The fourth-order valence-corrected chi connectivity index (χ4v) is 4.62. The topological polar surface area (TPSA) is 51.1 Å². The lowest BCUT2D eigenvalue weighted by Crippen LogP contribution is -2.33. The second-order valence-electron chi connectivity index (χ2n) is 8.64. The molecule has 0 bridgehead atoms. The summed E-state index contributed by atoms with van der Waals surface area (Å²) >= 11 is 0. The van der Waals surface area contributed by atoms with E-state index in [1.807, 2.05) is 42.6 Å². The lowest BCUT2D eigenvalue weighted by atomic mass is 9.88. The van der Waals surface area contributed by atoms with Crippen molar-refractivity contribution in [1.82, 2.24) is 19.9 Å². The van der Waals surface area contributed by atoms with Crippen LogP contribution >= 0.6 is 0 Å². The van der Waals surface area contributed by atoms with Crippen LogP contribution in [-0.2, 0) is 6.54 Å². The van der Waals surface area contributed by atoms with E-state index in [0.717, 1.165) is 66.2 Å². The van der Waals surface area contributed by atoms with Crippen LogP contribution in [0, 0.1) is 5.82 Å². The zero-order chi connectivity index (χ0) is 23.3. The Balaban J connectivity index is 1.43. The molecule has 6 heteroatoms. The summed E-state index contributed by atoms with van der Waals surface area (Å²) in [5.74, 6) is 1.66. The van der Waals surface area contributed by atoms with Crippen LogP contribution in [0.2, 0.25) is 0 Å². The second-order valence-corrected chi connectivity index (χ2v) is 8.64. The maximum absolute atomic E-state index is 13.6. The van der Waals surface area contributed by atoms with Gasteiger partial charge >= 0.3 is 0 Å². The molecular formula is C28H27FN4O. The number of hydrogen-bond acceptors (Lipinski definition) is 5. The third-order valence-electron chi connectivity index (χ3n) is 6.41. The number of aromatic nitrogens is 3. The number of pyridine rings is 1. The Morgan fingerprint density at radius 1 is 0.971 bits per heavy atom. The molecular weight excluding hydrogens is 427 g/mol.